The summed E-state index contributed by atoms with van der Waals surface area (Å²) >= 11 is 0. The first kappa shape index (κ1) is 14.3. The number of nitrogens with one attached hydrogen (secondary N) is 1. The van der Waals surface area contributed by atoms with Gasteiger partial charge in [0.25, 0.3) is 0 Å². The van der Waals surface area contributed by atoms with E-state index >= 15 is 0 Å². The van der Waals surface area contributed by atoms with Gasteiger partial charge in [0.1, 0.15) is 10.6 Å². The maximum atomic E-state index is 12.3. The van der Waals surface area contributed by atoms with Crippen LogP contribution in [-0.4, -0.2) is 21.6 Å². The van der Waals surface area contributed by atoms with Crippen molar-refractivity contribution in [3.05, 3.63) is 23.8 Å². The summed E-state index contributed by atoms with van der Waals surface area (Å²) in [6, 6.07) is 4.90. The molecule has 0 bridgehead atoms. The zero-order chi connectivity index (χ0) is 14.3. The predicted octanol–water partition coefficient (Wildman–Crippen LogP) is 1.23. The third kappa shape index (κ3) is 2.91. The third-order valence-electron chi connectivity index (χ3n) is 3.56. The predicted molar refractivity (Wildman–Crippen MR) is 73.4 cm³/mol. The maximum Gasteiger partial charge on any atom is 0.244 e. The number of hydrogen-bond donors (Lipinski definition) is 2. The highest BCUT2D eigenvalue weighted by molar-refractivity contribution is 7.89. The van der Waals surface area contributed by atoms with Gasteiger partial charge in [-0.05, 0) is 29.5 Å². The molecule has 3 N–H and O–H groups in total. The highest BCUT2D eigenvalue weighted by Crippen LogP contribution is 2.45. The molecule has 0 saturated heterocycles. The van der Waals surface area contributed by atoms with Gasteiger partial charge < -0.3 is 10.5 Å². The average molecular weight is 284 g/mol. The molecule has 1 saturated carbocycles. The standard InChI is InChI=1S/C13H20N2O3S/c1-13(2)7-12(13)15-19(16,17)11-5-4-9(8-14)6-10(11)18-3/h4-6,12,15H,7-8,14H2,1-3H3. The number of rotatable bonds is 5. The minimum atomic E-state index is -3.55. The number of benzene rings is 1. The molecule has 0 amide bonds. The van der Waals surface area contributed by atoms with Crippen LogP contribution in [0, 0.1) is 5.41 Å². The molecule has 106 valence electrons. The molecule has 19 heavy (non-hydrogen) atoms. The molecule has 1 aromatic rings. The number of sulfonamides is 1. The molecule has 0 heterocycles. The van der Waals surface area contributed by atoms with Gasteiger partial charge in [0.2, 0.25) is 10.0 Å². The Bertz CT molecular complexity index is 582. The fourth-order valence-corrected chi connectivity index (χ4v) is 3.54. The van der Waals surface area contributed by atoms with Gasteiger partial charge in [-0.3, -0.25) is 0 Å². The van der Waals surface area contributed by atoms with Crippen molar-refractivity contribution < 1.29 is 13.2 Å². The summed E-state index contributed by atoms with van der Waals surface area (Å²) in [5.74, 6) is 0.328. The minimum absolute atomic E-state index is 0.00334. The van der Waals surface area contributed by atoms with Crippen LogP contribution in [0.15, 0.2) is 23.1 Å². The Morgan fingerprint density at radius 3 is 2.58 bits per heavy atom. The lowest BCUT2D eigenvalue weighted by Crippen LogP contribution is -2.29. The molecule has 5 nitrogen and oxygen atoms in total. The zero-order valence-electron chi connectivity index (χ0n) is 11.4. The molecular weight excluding hydrogens is 264 g/mol. The molecule has 1 aliphatic carbocycles. The Hall–Kier alpha value is -1.11. The first-order chi connectivity index (χ1) is 8.80. The Balaban J connectivity index is 2.30. The van der Waals surface area contributed by atoms with E-state index in [0.29, 0.717) is 12.3 Å². The highest BCUT2D eigenvalue weighted by atomic mass is 32.2. The van der Waals surface area contributed by atoms with Crippen LogP contribution < -0.4 is 15.2 Å². The summed E-state index contributed by atoms with van der Waals surface area (Å²) in [6.45, 7) is 4.42. The monoisotopic (exact) mass is 284 g/mol. The van der Waals surface area contributed by atoms with Gasteiger partial charge in [-0.2, -0.15) is 0 Å². The largest absolute Gasteiger partial charge is 0.495 e. The fourth-order valence-electron chi connectivity index (χ4n) is 1.98. The summed E-state index contributed by atoms with van der Waals surface area (Å²) in [5, 5.41) is 0. The van der Waals surface area contributed by atoms with Crippen LogP contribution in [0.5, 0.6) is 5.75 Å². The van der Waals surface area contributed by atoms with Crippen LogP contribution in [0.25, 0.3) is 0 Å². The average Bonchev–Trinajstić information content (AvgIpc) is 2.94. The van der Waals surface area contributed by atoms with E-state index in [1.165, 1.54) is 7.11 Å². The Morgan fingerprint density at radius 1 is 1.47 bits per heavy atom. The lowest BCUT2D eigenvalue weighted by molar-refractivity contribution is 0.401. The van der Waals surface area contributed by atoms with E-state index in [0.717, 1.165) is 12.0 Å². The maximum absolute atomic E-state index is 12.3. The van der Waals surface area contributed by atoms with E-state index in [1.54, 1.807) is 18.2 Å². The van der Waals surface area contributed by atoms with Gasteiger partial charge in [0.15, 0.2) is 0 Å². The molecule has 0 spiro atoms. The third-order valence-corrected chi connectivity index (χ3v) is 5.08. The molecule has 6 heteroatoms. The second-order valence-electron chi connectivity index (χ2n) is 5.56. The number of methoxy groups -OCH3 is 1. The lowest BCUT2D eigenvalue weighted by Gasteiger charge is -2.12. The summed E-state index contributed by atoms with van der Waals surface area (Å²) in [4.78, 5) is 0.162. The summed E-state index contributed by atoms with van der Waals surface area (Å²) in [5.41, 5.74) is 6.41. The molecule has 0 radical (unpaired) electrons. The van der Waals surface area contributed by atoms with E-state index in [9.17, 15) is 8.42 Å². The van der Waals surface area contributed by atoms with Crippen molar-refractivity contribution in [2.24, 2.45) is 11.1 Å². The van der Waals surface area contributed by atoms with Crippen molar-refractivity contribution in [2.75, 3.05) is 7.11 Å². The van der Waals surface area contributed by atoms with Crippen LogP contribution in [0.3, 0.4) is 0 Å². The minimum Gasteiger partial charge on any atom is -0.495 e. The molecule has 2 rings (SSSR count). The number of nitrogens with two attached hydrogens (primary N) is 1. The van der Waals surface area contributed by atoms with Crippen LogP contribution >= 0.6 is 0 Å². The van der Waals surface area contributed by atoms with Crippen molar-refractivity contribution >= 4 is 10.0 Å². The van der Waals surface area contributed by atoms with Crippen molar-refractivity contribution in [2.45, 2.75) is 37.8 Å². The van der Waals surface area contributed by atoms with Gasteiger partial charge in [-0.15, -0.1) is 0 Å². The van der Waals surface area contributed by atoms with Gasteiger partial charge in [-0.25, -0.2) is 13.1 Å². The van der Waals surface area contributed by atoms with E-state index in [2.05, 4.69) is 4.72 Å². The van der Waals surface area contributed by atoms with Crippen molar-refractivity contribution in [3.63, 3.8) is 0 Å². The smallest absolute Gasteiger partial charge is 0.244 e. The van der Waals surface area contributed by atoms with Crippen LogP contribution in [0.4, 0.5) is 0 Å². The van der Waals surface area contributed by atoms with Crippen LogP contribution in [0.2, 0.25) is 0 Å². The Kier molecular flexibility index (Phi) is 3.59. The van der Waals surface area contributed by atoms with Gasteiger partial charge in [0.05, 0.1) is 7.11 Å². The number of hydrogen-bond acceptors (Lipinski definition) is 4. The first-order valence-electron chi connectivity index (χ1n) is 6.19. The fraction of sp³-hybridized carbons (Fsp3) is 0.538. The normalized spacial score (nSPS) is 21.2. The zero-order valence-corrected chi connectivity index (χ0v) is 12.3. The molecule has 1 unspecified atom stereocenters. The molecule has 1 aromatic carbocycles. The van der Waals surface area contributed by atoms with Crippen molar-refractivity contribution in [1.29, 1.82) is 0 Å². The van der Waals surface area contributed by atoms with Crippen molar-refractivity contribution in [1.82, 2.24) is 4.72 Å². The van der Waals surface area contributed by atoms with E-state index in [4.69, 9.17) is 10.5 Å². The highest BCUT2D eigenvalue weighted by Gasteiger charge is 2.48. The summed E-state index contributed by atoms with van der Waals surface area (Å²) in [6.07, 6.45) is 0.857. The molecule has 1 aliphatic rings. The van der Waals surface area contributed by atoms with E-state index < -0.39 is 10.0 Å². The van der Waals surface area contributed by atoms with E-state index in [-0.39, 0.29) is 16.4 Å². The topological polar surface area (TPSA) is 81.4 Å². The van der Waals surface area contributed by atoms with Crippen molar-refractivity contribution in [3.8, 4) is 5.75 Å². The summed E-state index contributed by atoms with van der Waals surface area (Å²) in [7, 11) is -2.10. The van der Waals surface area contributed by atoms with Gasteiger partial charge >= 0.3 is 0 Å². The van der Waals surface area contributed by atoms with Crippen LogP contribution in [0.1, 0.15) is 25.8 Å². The SMILES string of the molecule is COc1cc(CN)ccc1S(=O)(=O)NC1CC1(C)C. The molecule has 0 aliphatic heterocycles. The molecule has 0 aromatic heterocycles. The number of ether oxygens (including phenoxy) is 1. The first-order valence-corrected chi connectivity index (χ1v) is 7.68. The Morgan fingerprint density at radius 2 is 2.11 bits per heavy atom. The summed E-state index contributed by atoms with van der Waals surface area (Å²) < 4.78 is 32.5. The molecule has 1 fully saturated rings. The molecular formula is C13H20N2O3S. The lowest BCUT2D eigenvalue weighted by atomic mass is 10.2. The second kappa shape index (κ2) is 4.77. The van der Waals surface area contributed by atoms with Crippen LogP contribution in [-0.2, 0) is 16.6 Å². The quantitative estimate of drug-likeness (QED) is 0.852. The van der Waals surface area contributed by atoms with Gasteiger partial charge in [0, 0.05) is 12.6 Å². The Labute approximate surface area is 114 Å². The molecule has 1 atom stereocenters. The van der Waals surface area contributed by atoms with Gasteiger partial charge in [-0.1, -0.05) is 19.9 Å². The van der Waals surface area contributed by atoms with E-state index in [1.807, 2.05) is 13.8 Å². The second-order valence-corrected chi connectivity index (χ2v) is 7.24.